The van der Waals surface area contributed by atoms with Crippen LogP contribution >= 0.6 is 0 Å². The molecule has 2 amide bonds. The van der Waals surface area contributed by atoms with Gasteiger partial charge in [0, 0.05) is 43.3 Å². The van der Waals surface area contributed by atoms with Gasteiger partial charge in [-0.3, -0.25) is 9.67 Å². The van der Waals surface area contributed by atoms with E-state index in [1.165, 1.54) is 0 Å². The van der Waals surface area contributed by atoms with Crippen molar-refractivity contribution >= 4 is 11.7 Å². The number of nitrogens with one attached hydrogen (secondary N) is 2. The van der Waals surface area contributed by atoms with Crippen LogP contribution in [0.2, 0.25) is 0 Å². The molecule has 0 bridgehead atoms. The molecule has 0 fully saturated rings. The van der Waals surface area contributed by atoms with Crippen molar-refractivity contribution in [1.29, 1.82) is 0 Å². The minimum absolute atomic E-state index is 0.163. The van der Waals surface area contributed by atoms with Crippen LogP contribution in [0.4, 0.5) is 10.5 Å². The zero-order chi connectivity index (χ0) is 18.1. The smallest absolute Gasteiger partial charge is 0.322 e. The summed E-state index contributed by atoms with van der Waals surface area (Å²) in [6, 6.07) is 3.68. The van der Waals surface area contributed by atoms with E-state index < -0.39 is 0 Å². The number of hydrogen-bond acceptors (Lipinski definition) is 4. The summed E-state index contributed by atoms with van der Waals surface area (Å²) in [5.74, 6) is 0. The summed E-state index contributed by atoms with van der Waals surface area (Å²) in [7, 11) is 0. The number of rotatable bonds is 3. The van der Waals surface area contributed by atoms with E-state index in [9.17, 15) is 4.79 Å². The Bertz CT molecular complexity index is 899. The van der Waals surface area contributed by atoms with E-state index in [0.717, 1.165) is 23.4 Å². The van der Waals surface area contributed by atoms with Gasteiger partial charge in [0.2, 0.25) is 0 Å². The Morgan fingerprint density at radius 2 is 2.15 bits per heavy atom. The number of hydrogen-bond donors (Lipinski definition) is 2. The molecule has 8 heteroatoms. The third-order valence-electron chi connectivity index (χ3n) is 4.59. The van der Waals surface area contributed by atoms with Crippen molar-refractivity contribution < 1.29 is 4.79 Å². The molecule has 1 aliphatic rings. The van der Waals surface area contributed by atoms with Gasteiger partial charge in [0.1, 0.15) is 6.04 Å². The Kier molecular flexibility index (Phi) is 4.16. The highest BCUT2D eigenvalue weighted by Crippen LogP contribution is 2.33. The molecule has 134 valence electrons. The van der Waals surface area contributed by atoms with Crippen molar-refractivity contribution in [3.63, 3.8) is 0 Å². The van der Waals surface area contributed by atoms with E-state index in [0.29, 0.717) is 12.2 Å². The number of H-pyrrole nitrogens is 1. The molecule has 2 N–H and O–H groups in total. The molecule has 0 radical (unpaired) electrons. The Hall–Kier alpha value is -3.16. The van der Waals surface area contributed by atoms with Crippen LogP contribution in [0.15, 0.2) is 43.2 Å². The van der Waals surface area contributed by atoms with Gasteiger partial charge in [0.05, 0.1) is 23.9 Å². The first-order valence-electron chi connectivity index (χ1n) is 8.67. The Balaban J connectivity index is 1.62. The molecule has 3 aromatic heterocycles. The summed E-state index contributed by atoms with van der Waals surface area (Å²) in [6.45, 7) is 4.69. The zero-order valence-corrected chi connectivity index (χ0v) is 14.8. The summed E-state index contributed by atoms with van der Waals surface area (Å²) in [6.07, 6.45) is 9.41. The predicted octanol–water partition coefficient (Wildman–Crippen LogP) is 2.76. The minimum atomic E-state index is -0.242. The van der Waals surface area contributed by atoms with Crippen LogP contribution in [-0.2, 0) is 6.42 Å². The van der Waals surface area contributed by atoms with Crippen LogP contribution in [-0.4, -0.2) is 42.2 Å². The average Bonchev–Trinajstić information content (AvgIpc) is 3.30. The van der Waals surface area contributed by atoms with Crippen molar-refractivity contribution in [3.8, 4) is 0 Å². The predicted molar refractivity (Wildman–Crippen MR) is 96.7 cm³/mol. The Labute approximate surface area is 151 Å². The van der Waals surface area contributed by atoms with E-state index in [-0.39, 0.29) is 18.1 Å². The fourth-order valence-corrected chi connectivity index (χ4v) is 3.26. The molecular weight excluding hydrogens is 330 g/mol. The van der Waals surface area contributed by atoms with E-state index in [1.807, 2.05) is 41.8 Å². The van der Waals surface area contributed by atoms with Crippen LogP contribution in [0.3, 0.4) is 0 Å². The monoisotopic (exact) mass is 351 g/mol. The average molecular weight is 351 g/mol. The lowest BCUT2D eigenvalue weighted by molar-refractivity contribution is 0.192. The lowest BCUT2D eigenvalue weighted by atomic mass is 9.97. The number of carbonyl (C=O) groups is 1. The minimum Gasteiger partial charge on any atom is -0.348 e. The van der Waals surface area contributed by atoms with Crippen LogP contribution in [0.1, 0.15) is 42.9 Å². The van der Waals surface area contributed by atoms with Crippen LogP contribution in [0, 0.1) is 0 Å². The molecule has 0 aliphatic carbocycles. The Morgan fingerprint density at radius 1 is 1.35 bits per heavy atom. The van der Waals surface area contributed by atoms with E-state index in [1.54, 1.807) is 24.9 Å². The number of aromatic amines is 1. The van der Waals surface area contributed by atoms with Gasteiger partial charge in [-0.25, -0.2) is 9.78 Å². The fraction of sp³-hybridized carbons (Fsp3) is 0.333. The largest absolute Gasteiger partial charge is 0.348 e. The number of nitrogens with zero attached hydrogens (tertiary/aromatic N) is 5. The fourth-order valence-electron chi connectivity index (χ4n) is 3.26. The number of aromatic nitrogens is 5. The molecule has 0 unspecified atom stereocenters. The maximum Gasteiger partial charge on any atom is 0.322 e. The van der Waals surface area contributed by atoms with Crippen molar-refractivity contribution in [2.45, 2.75) is 32.4 Å². The van der Waals surface area contributed by atoms with E-state index in [4.69, 9.17) is 0 Å². The number of fused-ring (bicyclic) bond motifs is 1. The molecule has 3 aromatic rings. The van der Waals surface area contributed by atoms with E-state index >= 15 is 0 Å². The first-order valence-corrected chi connectivity index (χ1v) is 8.67. The van der Waals surface area contributed by atoms with Crippen LogP contribution < -0.4 is 5.32 Å². The van der Waals surface area contributed by atoms with Crippen molar-refractivity contribution in [2.75, 3.05) is 11.9 Å². The second-order valence-corrected chi connectivity index (χ2v) is 6.63. The van der Waals surface area contributed by atoms with Gasteiger partial charge in [0.25, 0.3) is 0 Å². The number of imidazole rings is 1. The summed E-state index contributed by atoms with van der Waals surface area (Å²) in [5.41, 5.74) is 3.63. The number of amides is 2. The molecule has 0 saturated carbocycles. The van der Waals surface area contributed by atoms with Gasteiger partial charge in [-0.15, -0.1) is 0 Å². The quantitative estimate of drug-likeness (QED) is 0.759. The van der Waals surface area contributed by atoms with Crippen LogP contribution in [0.5, 0.6) is 0 Å². The molecule has 0 saturated heterocycles. The SMILES string of the molecule is CC(C)n1cc(NC(=O)N2CCc3[nH]cnc3[C@@H]2c2ccncc2)cn1. The summed E-state index contributed by atoms with van der Waals surface area (Å²) < 4.78 is 1.82. The highest BCUT2D eigenvalue weighted by atomic mass is 16.2. The number of pyridine rings is 1. The third-order valence-corrected chi connectivity index (χ3v) is 4.59. The highest BCUT2D eigenvalue weighted by molar-refractivity contribution is 5.89. The van der Waals surface area contributed by atoms with Gasteiger partial charge < -0.3 is 15.2 Å². The normalized spacial score (nSPS) is 16.6. The molecule has 1 aliphatic heterocycles. The maximum atomic E-state index is 13.0. The van der Waals surface area contributed by atoms with Crippen molar-refractivity contribution in [2.24, 2.45) is 0 Å². The first kappa shape index (κ1) is 16.3. The standard InChI is InChI=1S/C18H21N7O/c1-12(2)25-10-14(9-22-25)23-18(26)24-8-5-15-16(21-11-20-15)17(24)13-3-6-19-7-4-13/h3-4,6-7,9-12,17H,5,8H2,1-2H3,(H,20,21)(H,23,26)/t17-/m0/s1. The second kappa shape index (κ2) is 6.62. The number of urea groups is 1. The number of carbonyl (C=O) groups excluding carboxylic acids is 1. The molecular formula is C18H21N7O. The molecule has 0 aromatic carbocycles. The molecule has 1 atom stereocenters. The van der Waals surface area contributed by atoms with Gasteiger partial charge in [-0.1, -0.05) is 0 Å². The lowest BCUT2D eigenvalue weighted by Gasteiger charge is -2.35. The van der Waals surface area contributed by atoms with Gasteiger partial charge in [-0.2, -0.15) is 5.10 Å². The summed E-state index contributed by atoms with van der Waals surface area (Å²) in [5, 5.41) is 7.24. The molecule has 4 heterocycles. The van der Waals surface area contributed by atoms with Crippen molar-refractivity contribution in [1.82, 2.24) is 29.6 Å². The van der Waals surface area contributed by atoms with E-state index in [2.05, 4.69) is 25.4 Å². The number of anilines is 1. The van der Waals surface area contributed by atoms with Gasteiger partial charge >= 0.3 is 6.03 Å². The Morgan fingerprint density at radius 3 is 2.88 bits per heavy atom. The summed E-state index contributed by atoms with van der Waals surface area (Å²) in [4.78, 5) is 26.5. The topological polar surface area (TPSA) is 91.7 Å². The van der Waals surface area contributed by atoms with Gasteiger partial charge in [-0.05, 0) is 31.5 Å². The zero-order valence-electron chi connectivity index (χ0n) is 14.8. The second-order valence-electron chi connectivity index (χ2n) is 6.63. The van der Waals surface area contributed by atoms with Crippen molar-refractivity contribution in [3.05, 3.63) is 60.2 Å². The maximum absolute atomic E-state index is 13.0. The molecule has 26 heavy (non-hydrogen) atoms. The highest BCUT2D eigenvalue weighted by Gasteiger charge is 2.34. The third kappa shape index (κ3) is 2.94. The molecule has 4 rings (SSSR count). The summed E-state index contributed by atoms with van der Waals surface area (Å²) >= 11 is 0. The lowest BCUT2D eigenvalue weighted by Crippen LogP contribution is -2.43. The molecule has 0 spiro atoms. The van der Waals surface area contributed by atoms with Gasteiger partial charge in [0.15, 0.2) is 0 Å². The molecule has 8 nitrogen and oxygen atoms in total. The first-order chi connectivity index (χ1) is 12.6. The van der Waals surface area contributed by atoms with Crippen LogP contribution in [0.25, 0.3) is 0 Å².